The van der Waals surface area contributed by atoms with E-state index in [2.05, 4.69) is 29.2 Å². The number of rotatable bonds is 1. The standard InChI is InChI=1S/C17H19NO2/c1-4-8-17(9-5-1)19-12-16(20-17)15-10-13-6-2-3-7-14(13)11-18-15/h2-3,6-7,10-11,16H,1,4-5,8-9,12H2. The van der Waals surface area contributed by atoms with Crippen LogP contribution in [0.15, 0.2) is 36.5 Å². The van der Waals surface area contributed by atoms with Gasteiger partial charge in [0.15, 0.2) is 5.79 Å². The Balaban J connectivity index is 1.60. The Kier molecular flexibility index (Phi) is 2.97. The predicted octanol–water partition coefficient (Wildman–Crippen LogP) is 3.98. The van der Waals surface area contributed by atoms with Crippen LogP contribution in [0.1, 0.15) is 43.9 Å². The molecule has 1 unspecified atom stereocenters. The van der Waals surface area contributed by atoms with Crippen molar-refractivity contribution in [2.24, 2.45) is 0 Å². The molecular formula is C17H19NO2. The molecule has 3 heteroatoms. The highest BCUT2D eigenvalue weighted by atomic mass is 16.7. The second-order valence-electron chi connectivity index (χ2n) is 5.85. The lowest BCUT2D eigenvalue weighted by Gasteiger charge is -2.31. The molecule has 1 aromatic carbocycles. The highest BCUT2D eigenvalue weighted by molar-refractivity contribution is 5.81. The maximum absolute atomic E-state index is 6.24. The van der Waals surface area contributed by atoms with Gasteiger partial charge in [-0.3, -0.25) is 4.98 Å². The van der Waals surface area contributed by atoms with Crippen LogP contribution in [-0.2, 0) is 9.47 Å². The highest BCUT2D eigenvalue weighted by Crippen LogP contribution is 2.42. The molecule has 3 nitrogen and oxygen atoms in total. The first-order valence-electron chi connectivity index (χ1n) is 7.51. The van der Waals surface area contributed by atoms with Gasteiger partial charge in [0.05, 0.1) is 12.3 Å². The van der Waals surface area contributed by atoms with Crippen molar-refractivity contribution in [1.82, 2.24) is 4.98 Å². The largest absolute Gasteiger partial charge is 0.347 e. The Morgan fingerprint density at radius 2 is 1.85 bits per heavy atom. The van der Waals surface area contributed by atoms with Crippen molar-refractivity contribution < 1.29 is 9.47 Å². The molecule has 0 radical (unpaired) electrons. The van der Waals surface area contributed by atoms with Crippen molar-refractivity contribution in [1.29, 1.82) is 0 Å². The van der Waals surface area contributed by atoms with E-state index >= 15 is 0 Å². The monoisotopic (exact) mass is 269 g/mol. The molecule has 0 bridgehead atoms. The third kappa shape index (κ3) is 2.11. The number of fused-ring (bicyclic) bond motifs is 1. The topological polar surface area (TPSA) is 31.4 Å². The summed E-state index contributed by atoms with van der Waals surface area (Å²) in [5.74, 6) is -0.323. The molecule has 0 amide bonds. The number of aromatic nitrogens is 1. The van der Waals surface area contributed by atoms with Crippen molar-refractivity contribution in [3.05, 3.63) is 42.2 Å². The van der Waals surface area contributed by atoms with Gasteiger partial charge in [0.25, 0.3) is 0 Å². The zero-order valence-electron chi connectivity index (χ0n) is 11.5. The molecule has 2 heterocycles. The van der Waals surface area contributed by atoms with Crippen LogP contribution in [0.25, 0.3) is 10.8 Å². The van der Waals surface area contributed by atoms with Crippen LogP contribution in [0.5, 0.6) is 0 Å². The average molecular weight is 269 g/mol. The fourth-order valence-corrected chi connectivity index (χ4v) is 3.33. The van der Waals surface area contributed by atoms with Gasteiger partial charge in [-0.1, -0.05) is 30.7 Å². The summed E-state index contributed by atoms with van der Waals surface area (Å²) in [4.78, 5) is 4.56. The fourth-order valence-electron chi connectivity index (χ4n) is 3.33. The molecule has 4 rings (SSSR count). The maximum Gasteiger partial charge on any atom is 0.169 e. The summed E-state index contributed by atoms with van der Waals surface area (Å²) < 4.78 is 12.2. The SMILES string of the molecule is c1ccc2cc(C3COC4(CCCCC4)O3)ncc2c1. The molecule has 2 fully saturated rings. The van der Waals surface area contributed by atoms with E-state index < -0.39 is 0 Å². The molecule has 1 aliphatic carbocycles. The molecule has 1 aliphatic heterocycles. The summed E-state index contributed by atoms with van der Waals surface area (Å²) >= 11 is 0. The lowest BCUT2D eigenvalue weighted by molar-refractivity contribution is -0.188. The van der Waals surface area contributed by atoms with E-state index in [-0.39, 0.29) is 11.9 Å². The van der Waals surface area contributed by atoms with Crippen molar-refractivity contribution >= 4 is 10.8 Å². The van der Waals surface area contributed by atoms with Gasteiger partial charge in [0.1, 0.15) is 6.10 Å². The van der Waals surface area contributed by atoms with Gasteiger partial charge < -0.3 is 9.47 Å². The van der Waals surface area contributed by atoms with Crippen LogP contribution in [0.4, 0.5) is 0 Å². The quantitative estimate of drug-likeness (QED) is 0.784. The molecular weight excluding hydrogens is 250 g/mol. The normalized spacial score (nSPS) is 25.3. The smallest absolute Gasteiger partial charge is 0.169 e. The number of nitrogens with zero attached hydrogens (tertiary/aromatic N) is 1. The molecule has 1 atom stereocenters. The molecule has 1 aromatic heterocycles. The summed E-state index contributed by atoms with van der Waals surface area (Å²) in [5.41, 5.74) is 0.992. The van der Waals surface area contributed by atoms with E-state index in [1.165, 1.54) is 30.0 Å². The minimum atomic E-state index is -0.323. The predicted molar refractivity (Wildman–Crippen MR) is 77.3 cm³/mol. The minimum absolute atomic E-state index is 0.0160. The summed E-state index contributed by atoms with van der Waals surface area (Å²) in [6, 6.07) is 10.4. The zero-order chi connectivity index (χ0) is 13.4. The molecule has 104 valence electrons. The van der Waals surface area contributed by atoms with Crippen LogP contribution >= 0.6 is 0 Å². The Morgan fingerprint density at radius 3 is 2.70 bits per heavy atom. The molecule has 0 N–H and O–H groups in total. The van der Waals surface area contributed by atoms with Gasteiger partial charge >= 0.3 is 0 Å². The first-order chi connectivity index (χ1) is 9.85. The van der Waals surface area contributed by atoms with Crippen LogP contribution in [0, 0.1) is 0 Å². The van der Waals surface area contributed by atoms with Gasteiger partial charge in [-0.15, -0.1) is 0 Å². The number of benzene rings is 1. The zero-order valence-corrected chi connectivity index (χ0v) is 11.5. The van der Waals surface area contributed by atoms with E-state index in [1.54, 1.807) is 0 Å². The van der Waals surface area contributed by atoms with Crippen LogP contribution < -0.4 is 0 Å². The van der Waals surface area contributed by atoms with Crippen LogP contribution in [0.2, 0.25) is 0 Å². The summed E-state index contributed by atoms with van der Waals surface area (Å²) in [6.07, 6.45) is 7.68. The summed E-state index contributed by atoms with van der Waals surface area (Å²) in [5, 5.41) is 2.38. The summed E-state index contributed by atoms with van der Waals surface area (Å²) in [7, 11) is 0. The van der Waals surface area contributed by atoms with Crippen molar-refractivity contribution in [3.63, 3.8) is 0 Å². The highest BCUT2D eigenvalue weighted by Gasteiger charge is 2.43. The Labute approximate surface area is 118 Å². The van der Waals surface area contributed by atoms with Gasteiger partial charge in [-0.25, -0.2) is 0 Å². The van der Waals surface area contributed by atoms with Crippen molar-refractivity contribution in [2.45, 2.75) is 44.0 Å². The number of hydrogen-bond acceptors (Lipinski definition) is 3. The van der Waals surface area contributed by atoms with E-state index in [1.807, 2.05) is 12.3 Å². The molecule has 2 aliphatic rings. The fraction of sp³-hybridized carbons (Fsp3) is 0.471. The Hall–Kier alpha value is -1.45. The van der Waals surface area contributed by atoms with E-state index in [4.69, 9.17) is 9.47 Å². The molecule has 2 aromatic rings. The summed E-state index contributed by atoms with van der Waals surface area (Å²) in [6.45, 7) is 0.630. The lowest BCUT2D eigenvalue weighted by Crippen LogP contribution is -2.32. The van der Waals surface area contributed by atoms with E-state index in [0.717, 1.165) is 18.5 Å². The second-order valence-corrected chi connectivity index (χ2v) is 5.85. The Bertz CT molecular complexity index is 619. The number of ether oxygens (including phenoxy) is 2. The average Bonchev–Trinajstić information content (AvgIpc) is 2.91. The molecule has 20 heavy (non-hydrogen) atoms. The molecule has 1 spiro atoms. The van der Waals surface area contributed by atoms with Crippen LogP contribution in [0.3, 0.4) is 0 Å². The van der Waals surface area contributed by atoms with Crippen LogP contribution in [-0.4, -0.2) is 17.4 Å². The van der Waals surface area contributed by atoms with Gasteiger partial charge in [-0.2, -0.15) is 0 Å². The van der Waals surface area contributed by atoms with Crippen molar-refractivity contribution in [2.75, 3.05) is 6.61 Å². The van der Waals surface area contributed by atoms with Crippen molar-refractivity contribution in [3.8, 4) is 0 Å². The lowest BCUT2D eigenvalue weighted by atomic mass is 9.94. The first-order valence-corrected chi connectivity index (χ1v) is 7.51. The van der Waals surface area contributed by atoms with E-state index in [9.17, 15) is 0 Å². The third-order valence-corrected chi connectivity index (χ3v) is 4.45. The molecule has 1 saturated heterocycles. The van der Waals surface area contributed by atoms with Gasteiger partial charge in [0.2, 0.25) is 0 Å². The second kappa shape index (κ2) is 4.83. The third-order valence-electron chi connectivity index (χ3n) is 4.45. The van der Waals surface area contributed by atoms with Gasteiger partial charge in [-0.05, 0) is 24.3 Å². The van der Waals surface area contributed by atoms with E-state index in [0.29, 0.717) is 6.61 Å². The number of hydrogen-bond donors (Lipinski definition) is 0. The maximum atomic E-state index is 6.24. The minimum Gasteiger partial charge on any atom is -0.347 e. The first kappa shape index (κ1) is 12.3. The Morgan fingerprint density at radius 1 is 1.05 bits per heavy atom. The molecule has 1 saturated carbocycles. The van der Waals surface area contributed by atoms with Gasteiger partial charge in [0, 0.05) is 24.4 Å². The number of pyridine rings is 1.